The van der Waals surface area contributed by atoms with Gasteiger partial charge in [0.2, 0.25) is 0 Å². The maximum Gasteiger partial charge on any atom is 0.262 e. The van der Waals surface area contributed by atoms with Crippen molar-refractivity contribution in [2.24, 2.45) is 0 Å². The fourth-order valence-electron chi connectivity index (χ4n) is 2.29. The van der Waals surface area contributed by atoms with Gasteiger partial charge in [-0.05, 0) is 55.7 Å². The smallest absolute Gasteiger partial charge is 0.262 e. The van der Waals surface area contributed by atoms with Crippen molar-refractivity contribution in [2.75, 3.05) is 11.3 Å². The van der Waals surface area contributed by atoms with Crippen LogP contribution < -0.4 is 10.0 Å². The zero-order chi connectivity index (χ0) is 17.7. The maximum absolute atomic E-state index is 12.7. The topological polar surface area (TPSA) is 75.3 Å². The molecule has 2 N–H and O–H groups in total. The molecular formula is C18H22N2O3S. The number of amides is 1. The van der Waals surface area contributed by atoms with Gasteiger partial charge in [0.15, 0.2) is 0 Å². The molecule has 2 aromatic rings. The van der Waals surface area contributed by atoms with Gasteiger partial charge in [-0.2, -0.15) is 0 Å². The average molecular weight is 346 g/mol. The Morgan fingerprint density at radius 1 is 1.08 bits per heavy atom. The van der Waals surface area contributed by atoms with Gasteiger partial charge < -0.3 is 5.32 Å². The Kier molecular flexibility index (Phi) is 5.62. The number of benzene rings is 2. The summed E-state index contributed by atoms with van der Waals surface area (Å²) in [5, 5.41) is 2.75. The fourth-order valence-corrected chi connectivity index (χ4v) is 3.61. The van der Waals surface area contributed by atoms with Crippen molar-refractivity contribution in [1.82, 2.24) is 5.32 Å². The van der Waals surface area contributed by atoms with Gasteiger partial charge in [0, 0.05) is 17.8 Å². The molecule has 0 saturated heterocycles. The van der Waals surface area contributed by atoms with Crippen LogP contribution in [0.2, 0.25) is 0 Å². The minimum atomic E-state index is -3.77. The Morgan fingerprint density at radius 3 is 2.50 bits per heavy atom. The molecule has 2 aromatic carbocycles. The first kappa shape index (κ1) is 18.0. The van der Waals surface area contributed by atoms with Crippen LogP contribution in [0.1, 0.15) is 34.8 Å². The van der Waals surface area contributed by atoms with E-state index in [2.05, 4.69) is 10.0 Å². The maximum atomic E-state index is 12.7. The van der Waals surface area contributed by atoms with E-state index in [1.165, 1.54) is 6.07 Å². The Labute approximate surface area is 143 Å². The van der Waals surface area contributed by atoms with Crippen LogP contribution in [-0.4, -0.2) is 20.9 Å². The van der Waals surface area contributed by atoms with Crippen molar-refractivity contribution in [3.05, 3.63) is 59.2 Å². The van der Waals surface area contributed by atoms with Crippen molar-refractivity contribution < 1.29 is 13.2 Å². The van der Waals surface area contributed by atoms with E-state index in [0.29, 0.717) is 23.4 Å². The van der Waals surface area contributed by atoms with Crippen molar-refractivity contribution in [2.45, 2.75) is 32.1 Å². The Balaban J connectivity index is 2.33. The molecule has 0 aromatic heterocycles. The number of hydrogen-bond acceptors (Lipinski definition) is 3. The van der Waals surface area contributed by atoms with Gasteiger partial charge in [0.25, 0.3) is 15.9 Å². The number of hydrogen-bond donors (Lipinski definition) is 2. The molecule has 0 aliphatic heterocycles. The third-order valence-corrected chi connectivity index (χ3v) is 5.07. The standard InChI is InChI=1S/C18H22N2O3S/c1-4-10-19-18(21)15-9-8-14(3)17(12-15)24(22,23)20-16-7-5-6-13(2)11-16/h5-9,11-12,20H,4,10H2,1-3H3,(H,19,21). The molecule has 0 bridgehead atoms. The molecule has 5 nitrogen and oxygen atoms in total. The van der Waals surface area contributed by atoms with Crippen LogP contribution in [0.4, 0.5) is 5.69 Å². The summed E-state index contributed by atoms with van der Waals surface area (Å²) < 4.78 is 27.9. The molecule has 1 amide bonds. The minimum Gasteiger partial charge on any atom is -0.352 e. The van der Waals surface area contributed by atoms with Gasteiger partial charge in [-0.3, -0.25) is 9.52 Å². The van der Waals surface area contributed by atoms with E-state index in [9.17, 15) is 13.2 Å². The summed E-state index contributed by atoms with van der Waals surface area (Å²) >= 11 is 0. The van der Waals surface area contributed by atoms with E-state index in [4.69, 9.17) is 0 Å². The van der Waals surface area contributed by atoms with Crippen LogP contribution in [0.3, 0.4) is 0 Å². The molecule has 24 heavy (non-hydrogen) atoms. The first-order valence-electron chi connectivity index (χ1n) is 7.82. The van der Waals surface area contributed by atoms with E-state index in [1.54, 1.807) is 37.3 Å². The van der Waals surface area contributed by atoms with E-state index in [-0.39, 0.29) is 10.8 Å². The second-order valence-corrected chi connectivity index (χ2v) is 7.36. The zero-order valence-corrected chi connectivity index (χ0v) is 14.9. The van der Waals surface area contributed by atoms with Crippen LogP contribution >= 0.6 is 0 Å². The van der Waals surface area contributed by atoms with Gasteiger partial charge in [-0.25, -0.2) is 8.42 Å². The van der Waals surface area contributed by atoms with E-state index in [1.807, 2.05) is 19.9 Å². The summed E-state index contributed by atoms with van der Waals surface area (Å²) in [7, 11) is -3.77. The zero-order valence-electron chi connectivity index (χ0n) is 14.1. The highest BCUT2D eigenvalue weighted by atomic mass is 32.2. The highest BCUT2D eigenvalue weighted by Crippen LogP contribution is 2.21. The number of aryl methyl sites for hydroxylation is 2. The Morgan fingerprint density at radius 2 is 1.83 bits per heavy atom. The van der Waals surface area contributed by atoms with Crippen molar-refractivity contribution in [3.8, 4) is 0 Å². The fraction of sp³-hybridized carbons (Fsp3) is 0.278. The van der Waals surface area contributed by atoms with Crippen LogP contribution in [0.25, 0.3) is 0 Å². The summed E-state index contributed by atoms with van der Waals surface area (Å²) in [5.41, 5.74) is 2.37. The monoisotopic (exact) mass is 346 g/mol. The van der Waals surface area contributed by atoms with Crippen molar-refractivity contribution in [1.29, 1.82) is 0 Å². The van der Waals surface area contributed by atoms with Crippen molar-refractivity contribution >= 4 is 21.6 Å². The normalized spacial score (nSPS) is 11.1. The summed E-state index contributed by atoms with van der Waals surface area (Å²) in [6, 6.07) is 11.8. The predicted octanol–water partition coefficient (Wildman–Crippen LogP) is 3.24. The molecule has 0 unspecified atom stereocenters. The number of carbonyl (C=O) groups is 1. The first-order chi connectivity index (χ1) is 11.3. The predicted molar refractivity (Wildman–Crippen MR) is 95.8 cm³/mol. The first-order valence-corrected chi connectivity index (χ1v) is 9.30. The largest absolute Gasteiger partial charge is 0.352 e. The molecule has 0 heterocycles. The van der Waals surface area contributed by atoms with Gasteiger partial charge >= 0.3 is 0 Å². The summed E-state index contributed by atoms with van der Waals surface area (Å²) in [4.78, 5) is 12.2. The van der Waals surface area contributed by atoms with Gasteiger partial charge in [0.05, 0.1) is 4.90 Å². The number of sulfonamides is 1. The lowest BCUT2D eigenvalue weighted by atomic mass is 10.1. The number of anilines is 1. The molecule has 0 fully saturated rings. The van der Waals surface area contributed by atoms with Gasteiger partial charge in [-0.1, -0.05) is 25.1 Å². The SMILES string of the molecule is CCCNC(=O)c1ccc(C)c(S(=O)(=O)Nc2cccc(C)c2)c1. The van der Waals surface area contributed by atoms with Crippen LogP contribution in [0.5, 0.6) is 0 Å². The van der Waals surface area contributed by atoms with E-state index in [0.717, 1.165) is 12.0 Å². The molecule has 0 aliphatic carbocycles. The molecular weight excluding hydrogens is 324 g/mol. The lowest BCUT2D eigenvalue weighted by molar-refractivity contribution is 0.0953. The Hall–Kier alpha value is -2.34. The molecule has 0 aliphatic rings. The summed E-state index contributed by atoms with van der Waals surface area (Å²) in [5.74, 6) is -0.274. The molecule has 6 heteroatoms. The lowest BCUT2D eigenvalue weighted by Crippen LogP contribution is -2.24. The molecule has 2 rings (SSSR count). The highest BCUT2D eigenvalue weighted by molar-refractivity contribution is 7.92. The van der Waals surface area contributed by atoms with Crippen LogP contribution in [0, 0.1) is 13.8 Å². The van der Waals surface area contributed by atoms with E-state index < -0.39 is 10.0 Å². The summed E-state index contributed by atoms with van der Waals surface area (Å²) in [6.45, 7) is 6.10. The lowest BCUT2D eigenvalue weighted by Gasteiger charge is -2.12. The van der Waals surface area contributed by atoms with Crippen LogP contribution in [0.15, 0.2) is 47.4 Å². The summed E-state index contributed by atoms with van der Waals surface area (Å²) in [6.07, 6.45) is 0.817. The molecule has 0 spiro atoms. The molecule has 128 valence electrons. The second kappa shape index (κ2) is 7.49. The number of carbonyl (C=O) groups excluding carboxylic acids is 1. The minimum absolute atomic E-state index is 0.105. The second-order valence-electron chi connectivity index (χ2n) is 5.71. The Bertz CT molecular complexity index is 845. The average Bonchev–Trinajstić information content (AvgIpc) is 2.52. The molecule has 0 atom stereocenters. The number of nitrogens with one attached hydrogen (secondary N) is 2. The third kappa shape index (κ3) is 4.35. The highest BCUT2D eigenvalue weighted by Gasteiger charge is 2.19. The third-order valence-electron chi connectivity index (χ3n) is 3.55. The molecule has 0 saturated carbocycles. The molecule has 0 radical (unpaired) electrons. The van der Waals surface area contributed by atoms with Crippen LogP contribution in [-0.2, 0) is 10.0 Å². The van der Waals surface area contributed by atoms with E-state index >= 15 is 0 Å². The number of rotatable bonds is 6. The van der Waals surface area contributed by atoms with Crippen molar-refractivity contribution in [3.63, 3.8) is 0 Å². The van der Waals surface area contributed by atoms with Gasteiger partial charge in [0.1, 0.15) is 0 Å². The van der Waals surface area contributed by atoms with Gasteiger partial charge in [-0.15, -0.1) is 0 Å². The quantitative estimate of drug-likeness (QED) is 0.843.